The van der Waals surface area contributed by atoms with Crippen molar-refractivity contribution in [2.24, 2.45) is 0 Å². The Bertz CT molecular complexity index is 287. The molecule has 68 valence electrons. The number of rotatable bonds is 4. The molecule has 0 saturated carbocycles. The SMILES string of the molecule is COc1ccc(CCN[11C]#N)cc1. The molecule has 1 aromatic carbocycles. The summed E-state index contributed by atoms with van der Waals surface area (Å²) in [7, 11) is 1.65. The molecule has 0 bridgehead atoms. The minimum Gasteiger partial charge on any atom is -0.497 e. The fourth-order valence-electron chi connectivity index (χ4n) is 1.05. The molecule has 0 fully saturated rings. The van der Waals surface area contributed by atoms with Gasteiger partial charge in [0, 0.05) is 6.54 Å². The van der Waals surface area contributed by atoms with Crippen LogP contribution in [0.15, 0.2) is 24.3 Å². The number of hydrogen-bond donors (Lipinski definition) is 1. The molecule has 0 spiro atoms. The van der Waals surface area contributed by atoms with E-state index >= 15 is 0 Å². The monoisotopic (exact) mass is 175 g/mol. The smallest absolute Gasteiger partial charge is 0.176 e. The van der Waals surface area contributed by atoms with Crippen molar-refractivity contribution in [3.8, 4) is 11.9 Å². The number of hydrogen-bond acceptors (Lipinski definition) is 3. The molecule has 0 radical (unpaired) electrons. The standard InChI is InChI=1S/C10H12N2O/c1-13-10-4-2-9(3-5-10)6-7-12-8-11/h2-5,12H,6-7H2,1H3/i8-1. The van der Waals surface area contributed by atoms with Crippen molar-refractivity contribution in [3.05, 3.63) is 29.8 Å². The molecular weight excluding hydrogens is 163 g/mol. The number of nitrogens with one attached hydrogen (secondary N) is 1. The van der Waals surface area contributed by atoms with E-state index in [0.717, 1.165) is 12.2 Å². The predicted octanol–water partition coefficient (Wildman–Crippen LogP) is 1.31. The third-order valence-electron chi connectivity index (χ3n) is 1.78. The summed E-state index contributed by atoms with van der Waals surface area (Å²) in [4.78, 5) is 0. The fourth-order valence-corrected chi connectivity index (χ4v) is 1.05. The first-order valence-corrected chi connectivity index (χ1v) is 4.11. The van der Waals surface area contributed by atoms with Crippen LogP contribution in [0.3, 0.4) is 0 Å². The molecule has 0 unspecified atom stereocenters. The van der Waals surface area contributed by atoms with Gasteiger partial charge in [0.25, 0.3) is 0 Å². The molecule has 0 aliphatic carbocycles. The Morgan fingerprint density at radius 2 is 2.08 bits per heavy atom. The molecule has 3 nitrogen and oxygen atoms in total. The molecule has 0 aliphatic rings. The zero-order valence-corrected chi connectivity index (χ0v) is 7.58. The van der Waals surface area contributed by atoms with E-state index in [0.29, 0.717) is 6.54 Å². The van der Waals surface area contributed by atoms with Crippen molar-refractivity contribution >= 4 is 0 Å². The van der Waals surface area contributed by atoms with Crippen LogP contribution in [-0.2, 0) is 6.42 Å². The second kappa shape index (κ2) is 5.04. The van der Waals surface area contributed by atoms with Gasteiger partial charge in [-0.1, -0.05) is 12.1 Å². The highest BCUT2D eigenvalue weighted by molar-refractivity contribution is 5.27. The van der Waals surface area contributed by atoms with E-state index in [-0.39, 0.29) is 0 Å². The zero-order valence-electron chi connectivity index (χ0n) is 7.58. The highest BCUT2D eigenvalue weighted by Crippen LogP contribution is 2.11. The second-order valence-corrected chi connectivity index (χ2v) is 2.64. The summed E-state index contributed by atoms with van der Waals surface area (Å²) in [5, 5.41) is 10.8. The van der Waals surface area contributed by atoms with Crippen molar-refractivity contribution in [1.82, 2.24) is 5.32 Å². The molecule has 3 heteroatoms. The molecule has 0 aromatic heterocycles. The summed E-state index contributed by atoms with van der Waals surface area (Å²) in [6, 6.07) is 7.83. The molecule has 1 rings (SSSR count). The lowest BCUT2D eigenvalue weighted by molar-refractivity contribution is 0.414. The average Bonchev–Trinajstić information content (AvgIpc) is 2.19. The van der Waals surface area contributed by atoms with Crippen LogP contribution in [0.25, 0.3) is 0 Å². The second-order valence-electron chi connectivity index (χ2n) is 2.64. The lowest BCUT2D eigenvalue weighted by Crippen LogP contribution is -2.09. The van der Waals surface area contributed by atoms with E-state index in [1.165, 1.54) is 5.56 Å². The first-order valence-electron chi connectivity index (χ1n) is 4.11. The van der Waals surface area contributed by atoms with Crippen molar-refractivity contribution in [2.75, 3.05) is 13.7 Å². The minimum absolute atomic E-state index is 0.683. The number of nitriles is 1. The van der Waals surface area contributed by atoms with E-state index in [1.807, 2.05) is 30.5 Å². The molecule has 0 saturated heterocycles. The third-order valence-corrected chi connectivity index (χ3v) is 1.78. The Hall–Kier alpha value is -1.69. The lowest BCUT2D eigenvalue weighted by atomic mass is 10.1. The number of nitrogens with zero attached hydrogens (tertiary/aromatic N) is 1. The van der Waals surface area contributed by atoms with Gasteiger partial charge >= 0.3 is 0 Å². The highest BCUT2D eigenvalue weighted by atomic mass is 16.5. The largest absolute Gasteiger partial charge is 0.497 e. The normalized spacial score (nSPS) is 8.92. The van der Waals surface area contributed by atoms with E-state index in [1.54, 1.807) is 7.11 Å². The molecule has 0 aliphatic heterocycles. The molecule has 0 atom stereocenters. The Labute approximate surface area is 77.9 Å². The number of benzene rings is 1. The van der Waals surface area contributed by atoms with Crippen molar-refractivity contribution in [2.45, 2.75) is 6.42 Å². The Morgan fingerprint density at radius 3 is 2.62 bits per heavy atom. The van der Waals surface area contributed by atoms with Crippen LogP contribution < -0.4 is 10.1 Å². The summed E-state index contributed by atoms with van der Waals surface area (Å²) in [6.07, 6.45) is 2.74. The summed E-state index contributed by atoms with van der Waals surface area (Å²) >= 11 is 0. The van der Waals surface area contributed by atoms with Gasteiger partial charge in [0.1, 0.15) is 5.75 Å². The zero-order chi connectivity index (χ0) is 9.52. The quantitative estimate of drug-likeness (QED) is 0.426. The lowest BCUT2D eigenvalue weighted by Gasteiger charge is -2.02. The van der Waals surface area contributed by atoms with E-state index in [9.17, 15) is 0 Å². The van der Waals surface area contributed by atoms with Gasteiger partial charge in [-0.25, -0.2) is 0 Å². The van der Waals surface area contributed by atoms with Gasteiger partial charge < -0.3 is 10.1 Å². The molecule has 13 heavy (non-hydrogen) atoms. The summed E-state index contributed by atoms with van der Waals surface area (Å²) in [6.45, 7) is 0.683. The molecule has 1 aromatic rings. The maximum Gasteiger partial charge on any atom is 0.176 e. The van der Waals surface area contributed by atoms with Gasteiger partial charge in [0.2, 0.25) is 0 Å². The highest BCUT2D eigenvalue weighted by Gasteiger charge is 1.93. The molecule has 1 N–H and O–H groups in total. The van der Waals surface area contributed by atoms with Crippen LogP contribution in [0.1, 0.15) is 5.56 Å². The maximum absolute atomic E-state index is 8.25. The Balaban J connectivity index is 2.45. The van der Waals surface area contributed by atoms with Crippen LogP contribution in [-0.4, -0.2) is 13.7 Å². The third kappa shape index (κ3) is 3.04. The number of methoxy groups -OCH3 is 1. The first-order chi connectivity index (χ1) is 6.36. The van der Waals surface area contributed by atoms with Crippen molar-refractivity contribution in [1.29, 1.82) is 5.26 Å². The summed E-state index contributed by atoms with van der Waals surface area (Å²) in [5.74, 6) is 0.858. The average molecular weight is 175 g/mol. The van der Waals surface area contributed by atoms with Gasteiger partial charge in [-0.15, -0.1) is 0 Å². The summed E-state index contributed by atoms with van der Waals surface area (Å²) < 4.78 is 5.03. The van der Waals surface area contributed by atoms with Crippen LogP contribution >= 0.6 is 0 Å². The van der Waals surface area contributed by atoms with Crippen molar-refractivity contribution < 1.29 is 4.74 Å². The number of ether oxygens (including phenoxy) is 1. The molecule has 0 heterocycles. The Kier molecular flexibility index (Phi) is 3.65. The fraction of sp³-hybridized carbons (Fsp3) is 0.300. The molecule has 0 amide bonds. The Morgan fingerprint density at radius 1 is 1.38 bits per heavy atom. The van der Waals surface area contributed by atoms with E-state index in [2.05, 4.69) is 5.32 Å². The van der Waals surface area contributed by atoms with Gasteiger partial charge in [-0.3, -0.25) is 0 Å². The van der Waals surface area contributed by atoms with Crippen LogP contribution in [0.5, 0.6) is 5.75 Å². The van der Waals surface area contributed by atoms with Crippen LogP contribution in [0.4, 0.5) is 0 Å². The topological polar surface area (TPSA) is 45.0 Å². The van der Waals surface area contributed by atoms with Crippen molar-refractivity contribution in [3.63, 3.8) is 0 Å². The molecular formula is C10H12N2O. The van der Waals surface area contributed by atoms with Crippen LogP contribution in [0.2, 0.25) is 0 Å². The van der Waals surface area contributed by atoms with Gasteiger partial charge in [0.15, 0.2) is 6.19 Å². The minimum atomic E-state index is 0.683. The van der Waals surface area contributed by atoms with E-state index < -0.39 is 0 Å². The summed E-state index contributed by atoms with van der Waals surface area (Å²) in [5.41, 5.74) is 1.20. The first kappa shape index (κ1) is 9.40. The van der Waals surface area contributed by atoms with E-state index in [4.69, 9.17) is 10.00 Å². The van der Waals surface area contributed by atoms with Gasteiger partial charge in [-0.05, 0) is 24.1 Å². The maximum atomic E-state index is 8.25. The van der Waals surface area contributed by atoms with Crippen LogP contribution in [0, 0.1) is 11.5 Å². The van der Waals surface area contributed by atoms with Gasteiger partial charge in [0.05, 0.1) is 7.11 Å². The van der Waals surface area contributed by atoms with Gasteiger partial charge in [-0.2, -0.15) is 5.26 Å². The predicted molar refractivity (Wildman–Crippen MR) is 50.3 cm³/mol.